The Morgan fingerprint density at radius 2 is 1.89 bits per heavy atom. The number of fused-ring (bicyclic) bond motifs is 3. The maximum atomic E-state index is 13.6. The molecule has 6 heteroatoms. The number of thioether (sulfide) groups is 1. The number of rotatable bonds is 3. The second kappa shape index (κ2) is 7.57. The van der Waals surface area contributed by atoms with Gasteiger partial charge in [-0.25, -0.2) is 4.39 Å². The average Bonchev–Trinajstić information content (AvgIpc) is 2.80. The molecule has 0 bridgehead atoms. The number of pyridine rings is 1. The van der Waals surface area contributed by atoms with Gasteiger partial charge in [0, 0.05) is 40.9 Å². The first kappa shape index (κ1) is 19.0. The molecule has 28 heavy (non-hydrogen) atoms. The van der Waals surface area contributed by atoms with E-state index in [1.54, 1.807) is 35.5 Å². The lowest BCUT2D eigenvalue weighted by Gasteiger charge is -2.14. The van der Waals surface area contributed by atoms with Crippen molar-refractivity contribution in [2.75, 3.05) is 5.75 Å². The summed E-state index contributed by atoms with van der Waals surface area (Å²) in [6.07, 6.45) is 1.86. The van der Waals surface area contributed by atoms with E-state index in [4.69, 9.17) is 16.6 Å². The third kappa shape index (κ3) is 3.40. The highest BCUT2D eigenvalue weighted by molar-refractivity contribution is 7.99. The average molecular weight is 413 g/mol. The molecular weight excluding hydrogens is 395 g/mol. The van der Waals surface area contributed by atoms with Gasteiger partial charge in [0.2, 0.25) is 0 Å². The van der Waals surface area contributed by atoms with Crippen LogP contribution in [0.5, 0.6) is 0 Å². The van der Waals surface area contributed by atoms with Crippen molar-refractivity contribution in [3.63, 3.8) is 0 Å². The molecule has 0 unspecified atom stereocenters. The summed E-state index contributed by atoms with van der Waals surface area (Å²) >= 11 is 8.10. The van der Waals surface area contributed by atoms with Crippen molar-refractivity contribution in [3.05, 3.63) is 86.5 Å². The number of hydrogen-bond acceptors (Lipinski definition) is 3. The molecule has 0 N–H and O–H groups in total. The molecule has 0 saturated heterocycles. The smallest absolute Gasteiger partial charge is 0.250 e. The van der Waals surface area contributed by atoms with Crippen molar-refractivity contribution in [1.29, 1.82) is 0 Å². The first-order valence-electron chi connectivity index (χ1n) is 8.95. The van der Waals surface area contributed by atoms with Crippen molar-refractivity contribution in [1.82, 2.24) is 4.57 Å². The quantitative estimate of drug-likeness (QED) is 0.546. The van der Waals surface area contributed by atoms with Crippen LogP contribution in [0.4, 0.5) is 4.39 Å². The highest BCUT2D eigenvalue weighted by Gasteiger charge is 2.22. The van der Waals surface area contributed by atoms with Gasteiger partial charge in [0.05, 0.1) is 17.3 Å². The van der Waals surface area contributed by atoms with E-state index < -0.39 is 0 Å². The van der Waals surface area contributed by atoms with Gasteiger partial charge in [-0.3, -0.25) is 9.79 Å². The third-order valence-electron chi connectivity index (χ3n) is 4.76. The van der Waals surface area contributed by atoms with Gasteiger partial charge in [0.25, 0.3) is 5.56 Å². The Kier molecular flexibility index (Phi) is 5.13. The van der Waals surface area contributed by atoms with Gasteiger partial charge >= 0.3 is 0 Å². The number of halogens is 2. The van der Waals surface area contributed by atoms with Crippen LogP contribution in [0.25, 0.3) is 11.1 Å². The summed E-state index contributed by atoms with van der Waals surface area (Å²) < 4.78 is 15.1. The zero-order valence-corrected chi connectivity index (χ0v) is 17.1. The molecule has 2 aromatic carbocycles. The fourth-order valence-electron chi connectivity index (χ4n) is 3.41. The van der Waals surface area contributed by atoms with Gasteiger partial charge < -0.3 is 4.57 Å². The standard InChI is InChI=1S/C22H18ClFN2OS/c1-3-28-15-5-7-16-18(10-15)19-12-26(2)21(27)8-13(19)11-25-22(16)17-6-4-14(24)9-20(17)23/h4-10,12H,3,11H2,1-2H3. The molecule has 3 aromatic rings. The molecule has 1 aliphatic rings. The van der Waals surface area contributed by atoms with Gasteiger partial charge in [-0.2, -0.15) is 0 Å². The summed E-state index contributed by atoms with van der Waals surface area (Å²) in [4.78, 5) is 18.1. The van der Waals surface area contributed by atoms with E-state index in [1.165, 1.54) is 12.1 Å². The van der Waals surface area contributed by atoms with Gasteiger partial charge in [0.15, 0.2) is 0 Å². The molecule has 4 rings (SSSR count). The lowest BCUT2D eigenvalue weighted by molar-refractivity contribution is 0.628. The Morgan fingerprint density at radius 3 is 2.64 bits per heavy atom. The summed E-state index contributed by atoms with van der Waals surface area (Å²) in [6, 6.07) is 12.2. The summed E-state index contributed by atoms with van der Waals surface area (Å²) in [5.74, 6) is 0.577. The molecule has 1 aromatic heterocycles. The Bertz CT molecular complexity index is 1170. The number of benzene rings is 2. The summed E-state index contributed by atoms with van der Waals surface area (Å²) in [7, 11) is 1.75. The topological polar surface area (TPSA) is 34.4 Å². The van der Waals surface area contributed by atoms with Crippen LogP contribution in [0.1, 0.15) is 23.6 Å². The third-order valence-corrected chi connectivity index (χ3v) is 5.94. The van der Waals surface area contributed by atoms with E-state index in [2.05, 4.69) is 19.1 Å². The summed E-state index contributed by atoms with van der Waals surface area (Å²) in [6.45, 7) is 2.47. The molecule has 1 aliphatic heterocycles. The first-order chi connectivity index (χ1) is 13.5. The molecule has 2 heterocycles. The Labute approximate surface area is 171 Å². The summed E-state index contributed by atoms with van der Waals surface area (Å²) in [5.41, 5.74) is 5.09. The molecule has 0 saturated carbocycles. The highest BCUT2D eigenvalue weighted by Crippen LogP contribution is 2.36. The van der Waals surface area contributed by atoms with Gasteiger partial charge in [-0.05, 0) is 47.2 Å². The fraction of sp³-hybridized carbons (Fsp3) is 0.182. The minimum atomic E-state index is -0.385. The van der Waals surface area contributed by atoms with Gasteiger partial charge in [-0.1, -0.05) is 24.6 Å². The van der Waals surface area contributed by atoms with Crippen LogP contribution in [0.3, 0.4) is 0 Å². The molecule has 142 valence electrons. The first-order valence-corrected chi connectivity index (χ1v) is 10.3. The lowest BCUT2D eigenvalue weighted by atomic mass is 9.93. The number of hydrogen-bond donors (Lipinski definition) is 0. The van der Waals surface area contributed by atoms with Gasteiger partial charge in [-0.15, -0.1) is 11.8 Å². The SMILES string of the molecule is CCSc1ccc2c(c1)-c1cn(C)c(=O)cc1CN=C2c1ccc(F)cc1Cl. The number of aryl methyl sites for hydroxylation is 1. The zero-order valence-electron chi connectivity index (χ0n) is 15.5. The van der Waals surface area contributed by atoms with Crippen LogP contribution in [-0.4, -0.2) is 16.0 Å². The van der Waals surface area contributed by atoms with Crippen LogP contribution in [0.15, 0.2) is 63.3 Å². The van der Waals surface area contributed by atoms with E-state index in [9.17, 15) is 9.18 Å². The van der Waals surface area contributed by atoms with E-state index in [0.29, 0.717) is 22.8 Å². The number of nitrogens with zero attached hydrogens (tertiary/aromatic N) is 2. The molecule has 0 radical (unpaired) electrons. The molecule has 3 nitrogen and oxygen atoms in total. The predicted molar refractivity (Wildman–Crippen MR) is 114 cm³/mol. The van der Waals surface area contributed by atoms with E-state index >= 15 is 0 Å². The Hall–Kier alpha value is -2.37. The lowest BCUT2D eigenvalue weighted by Crippen LogP contribution is -2.16. The number of aromatic nitrogens is 1. The molecule has 0 spiro atoms. The van der Waals surface area contributed by atoms with E-state index in [1.807, 2.05) is 12.3 Å². The van der Waals surface area contributed by atoms with Crippen molar-refractivity contribution in [2.45, 2.75) is 18.4 Å². The van der Waals surface area contributed by atoms with E-state index in [-0.39, 0.29) is 11.4 Å². The van der Waals surface area contributed by atoms with Crippen LogP contribution in [0.2, 0.25) is 5.02 Å². The second-order valence-electron chi connectivity index (χ2n) is 6.59. The van der Waals surface area contributed by atoms with Crippen LogP contribution in [-0.2, 0) is 13.6 Å². The van der Waals surface area contributed by atoms with Crippen LogP contribution < -0.4 is 5.56 Å². The zero-order chi connectivity index (χ0) is 19.8. The van der Waals surface area contributed by atoms with Crippen molar-refractivity contribution in [2.24, 2.45) is 12.0 Å². The molecule has 0 fully saturated rings. The minimum absolute atomic E-state index is 0.0714. The van der Waals surface area contributed by atoms with E-state index in [0.717, 1.165) is 32.9 Å². The largest absolute Gasteiger partial charge is 0.318 e. The monoisotopic (exact) mass is 412 g/mol. The number of aliphatic imine (C=N–C) groups is 1. The minimum Gasteiger partial charge on any atom is -0.318 e. The van der Waals surface area contributed by atoms with Crippen LogP contribution in [0, 0.1) is 5.82 Å². The molecule has 0 aliphatic carbocycles. The van der Waals surface area contributed by atoms with Crippen molar-refractivity contribution < 1.29 is 4.39 Å². The van der Waals surface area contributed by atoms with Gasteiger partial charge in [0.1, 0.15) is 5.82 Å². The van der Waals surface area contributed by atoms with Crippen molar-refractivity contribution >= 4 is 29.1 Å². The normalized spacial score (nSPS) is 12.8. The highest BCUT2D eigenvalue weighted by atomic mass is 35.5. The maximum absolute atomic E-state index is 13.6. The predicted octanol–water partition coefficient (Wildman–Crippen LogP) is 5.31. The van der Waals surface area contributed by atoms with Crippen molar-refractivity contribution in [3.8, 4) is 11.1 Å². The molecule has 0 amide bonds. The van der Waals surface area contributed by atoms with Crippen LogP contribution >= 0.6 is 23.4 Å². The Morgan fingerprint density at radius 1 is 1.11 bits per heavy atom. The molecule has 0 atom stereocenters. The fourth-order valence-corrected chi connectivity index (χ4v) is 4.37. The molecular formula is C22H18ClFN2OS. The maximum Gasteiger partial charge on any atom is 0.250 e. The summed E-state index contributed by atoms with van der Waals surface area (Å²) in [5, 5.41) is 0.317. The Balaban J connectivity index is 2.00. The second-order valence-corrected chi connectivity index (χ2v) is 8.34.